The molecule has 16 heavy (non-hydrogen) atoms. The summed E-state index contributed by atoms with van der Waals surface area (Å²) in [6.07, 6.45) is 0. The fraction of sp³-hybridized carbons (Fsp3) is 0.273. The minimum Gasteiger partial charge on any atom is -0.363 e. The first-order valence-electron chi connectivity index (χ1n) is 4.70. The van der Waals surface area contributed by atoms with Crippen LogP contribution in [0.3, 0.4) is 0 Å². The van der Waals surface area contributed by atoms with E-state index in [0.29, 0.717) is 5.69 Å². The van der Waals surface area contributed by atoms with Gasteiger partial charge in [0.25, 0.3) is 0 Å². The largest absolute Gasteiger partial charge is 0.363 e. The van der Waals surface area contributed by atoms with Gasteiger partial charge in [-0.2, -0.15) is 5.26 Å². The van der Waals surface area contributed by atoms with Crippen LogP contribution in [0.5, 0.6) is 0 Å². The summed E-state index contributed by atoms with van der Waals surface area (Å²) in [5, 5.41) is 11.0. The molecule has 4 nitrogen and oxygen atoms in total. The summed E-state index contributed by atoms with van der Waals surface area (Å²) < 4.78 is 13.5. The minimum atomic E-state index is -0.509. The summed E-state index contributed by atoms with van der Waals surface area (Å²) >= 11 is 0. The van der Waals surface area contributed by atoms with Crippen molar-refractivity contribution in [1.82, 2.24) is 5.32 Å². The highest BCUT2D eigenvalue weighted by molar-refractivity contribution is 5.80. The number of carbonyl (C=O) groups excluding carboxylic acids is 1. The maximum Gasteiger partial charge on any atom is 0.239 e. The van der Waals surface area contributed by atoms with Gasteiger partial charge in [-0.3, -0.25) is 4.79 Å². The monoisotopic (exact) mass is 221 g/mol. The molecule has 0 aliphatic heterocycles. The van der Waals surface area contributed by atoms with Gasteiger partial charge in [0, 0.05) is 14.1 Å². The van der Waals surface area contributed by atoms with Gasteiger partial charge in [-0.15, -0.1) is 0 Å². The number of hydrogen-bond donors (Lipinski definition) is 1. The van der Waals surface area contributed by atoms with Crippen molar-refractivity contribution in [1.29, 1.82) is 5.26 Å². The topological polar surface area (TPSA) is 56.1 Å². The molecule has 0 unspecified atom stereocenters. The highest BCUT2D eigenvalue weighted by Gasteiger charge is 2.10. The molecule has 0 heterocycles. The molecule has 0 saturated carbocycles. The Bertz CT molecular complexity index is 439. The van der Waals surface area contributed by atoms with E-state index in [1.165, 1.54) is 24.1 Å². The lowest BCUT2D eigenvalue weighted by Gasteiger charge is -2.18. The lowest BCUT2D eigenvalue weighted by atomic mass is 10.2. The first-order valence-corrected chi connectivity index (χ1v) is 4.70. The molecule has 0 aliphatic carbocycles. The van der Waals surface area contributed by atoms with Gasteiger partial charge in [0.1, 0.15) is 5.82 Å². The Hall–Kier alpha value is -2.09. The Morgan fingerprint density at radius 2 is 2.31 bits per heavy atom. The molecule has 1 aromatic carbocycles. The van der Waals surface area contributed by atoms with Crippen molar-refractivity contribution in [2.45, 2.75) is 0 Å². The van der Waals surface area contributed by atoms with Crippen LogP contribution in [0.15, 0.2) is 18.2 Å². The number of rotatable bonds is 3. The van der Waals surface area contributed by atoms with Crippen LogP contribution in [-0.2, 0) is 4.79 Å². The molecule has 84 valence electrons. The van der Waals surface area contributed by atoms with Gasteiger partial charge in [-0.1, -0.05) is 0 Å². The first kappa shape index (κ1) is 12.0. The minimum absolute atomic E-state index is 0.0688. The summed E-state index contributed by atoms with van der Waals surface area (Å²) in [7, 11) is 3.13. The van der Waals surface area contributed by atoms with E-state index < -0.39 is 5.82 Å². The zero-order chi connectivity index (χ0) is 12.1. The van der Waals surface area contributed by atoms with Crippen molar-refractivity contribution < 1.29 is 9.18 Å². The number of halogens is 1. The van der Waals surface area contributed by atoms with E-state index in [0.717, 1.165) is 6.07 Å². The molecule has 5 heteroatoms. The zero-order valence-corrected chi connectivity index (χ0v) is 9.12. The average Bonchev–Trinajstić information content (AvgIpc) is 2.28. The van der Waals surface area contributed by atoms with Crippen molar-refractivity contribution in [3.63, 3.8) is 0 Å². The molecule has 0 radical (unpaired) electrons. The van der Waals surface area contributed by atoms with Crippen LogP contribution in [0.1, 0.15) is 5.56 Å². The predicted octanol–water partition coefficient (Wildman–Crippen LogP) is 0.880. The van der Waals surface area contributed by atoms with Crippen LogP contribution in [0.4, 0.5) is 10.1 Å². The first-order chi connectivity index (χ1) is 7.58. The fourth-order valence-electron chi connectivity index (χ4n) is 1.27. The molecule has 0 atom stereocenters. The van der Waals surface area contributed by atoms with Crippen molar-refractivity contribution >= 4 is 11.6 Å². The number of anilines is 1. The summed E-state index contributed by atoms with van der Waals surface area (Å²) in [6.45, 7) is 0.0688. The van der Waals surface area contributed by atoms with E-state index >= 15 is 0 Å². The highest BCUT2D eigenvalue weighted by atomic mass is 19.1. The van der Waals surface area contributed by atoms with E-state index in [-0.39, 0.29) is 18.0 Å². The van der Waals surface area contributed by atoms with Gasteiger partial charge in [0.05, 0.1) is 23.9 Å². The SMILES string of the molecule is CNC(=O)CN(C)c1ccc(C#N)cc1F. The van der Waals surface area contributed by atoms with Gasteiger partial charge in [-0.05, 0) is 18.2 Å². The van der Waals surface area contributed by atoms with E-state index in [9.17, 15) is 9.18 Å². The van der Waals surface area contributed by atoms with Gasteiger partial charge >= 0.3 is 0 Å². The molecule has 0 fully saturated rings. The number of carbonyl (C=O) groups is 1. The van der Waals surface area contributed by atoms with Crippen LogP contribution in [0, 0.1) is 17.1 Å². The Morgan fingerprint density at radius 1 is 1.62 bits per heavy atom. The molecule has 0 aromatic heterocycles. The molecule has 0 bridgehead atoms. The van der Waals surface area contributed by atoms with Crippen LogP contribution < -0.4 is 10.2 Å². The van der Waals surface area contributed by atoms with E-state index in [1.54, 1.807) is 7.05 Å². The summed E-state index contributed by atoms with van der Waals surface area (Å²) in [4.78, 5) is 12.6. The van der Waals surface area contributed by atoms with E-state index in [2.05, 4.69) is 5.32 Å². The molecule has 0 spiro atoms. The number of nitrogens with one attached hydrogen (secondary N) is 1. The fourth-order valence-corrected chi connectivity index (χ4v) is 1.27. The van der Waals surface area contributed by atoms with Crippen LogP contribution in [-0.4, -0.2) is 26.5 Å². The van der Waals surface area contributed by atoms with Crippen LogP contribution in [0.25, 0.3) is 0 Å². The maximum absolute atomic E-state index is 13.5. The van der Waals surface area contributed by atoms with Crippen molar-refractivity contribution in [2.75, 3.05) is 25.5 Å². The highest BCUT2D eigenvalue weighted by Crippen LogP contribution is 2.18. The molecular weight excluding hydrogens is 209 g/mol. The van der Waals surface area contributed by atoms with Gasteiger partial charge in [0.15, 0.2) is 0 Å². The maximum atomic E-state index is 13.5. The summed E-state index contributed by atoms with van der Waals surface area (Å²) in [5.41, 5.74) is 0.553. The van der Waals surface area contributed by atoms with Gasteiger partial charge in [-0.25, -0.2) is 4.39 Å². The number of nitrogens with zero attached hydrogens (tertiary/aromatic N) is 2. The Morgan fingerprint density at radius 3 is 2.81 bits per heavy atom. The van der Waals surface area contributed by atoms with Crippen molar-refractivity contribution in [3.05, 3.63) is 29.6 Å². The molecule has 1 amide bonds. The van der Waals surface area contributed by atoms with Crippen molar-refractivity contribution in [3.8, 4) is 6.07 Å². The standard InChI is InChI=1S/C11H12FN3O/c1-14-11(16)7-15(2)10-4-3-8(6-13)5-9(10)12/h3-5H,7H2,1-2H3,(H,14,16). The van der Waals surface area contributed by atoms with Crippen molar-refractivity contribution in [2.24, 2.45) is 0 Å². The number of amides is 1. The Balaban J connectivity index is 2.88. The number of hydrogen-bond acceptors (Lipinski definition) is 3. The quantitative estimate of drug-likeness (QED) is 0.824. The number of likely N-dealkylation sites (N-methyl/N-ethyl adjacent to an activating group) is 2. The molecule has 1 N–H and O–H groups in total. The molecule has 0 aliphatic rings. The van der Waals surface area contributed by atoms with E-state index in [1.807, 2.05) is 6.07 Å². The van der Waals surface area contributed by atoms with Crippen LogP contribution >= 0.6 is 0 Å². The number of nitriles is 1. The Kier molecular flexibility index (Phi) is 3.84. The second-order valence-electron chi connectivity index (χ2n) is 3.31. The molecule has 0 saturated heterocycles. The van der Waals surface area contributed by atoms with Crippen LogP contribution in [0.2, 0.25) is 0 Å². The number of benzene rings is 1. The molecule has 1 rings (SSSR count). The second-order valence-corrected chi connectivity index (χ2v) is 3.31. The lowest BCUT2D eigenvalue weighted by Crippen LogP contribution is -2.33. The van der Waals surface area contributed by atoms with Gasteiger partial charge < -0.3 is 10.2 Å². The zero-order valence-electron chi connectivity index (χ0n) is 9.12. The smallest absolute Gasteiger partial charge is 0.239 e. The summed E-state index contributed by atoms with van der Waals surface area (Å²) in [5.74, 6) is -0.711. The predicted molar refractivity (Wildman–Crippen MR) is 58.5 cm³/mol. The third-order valence-corrected chi connectivity index (χ3v) is 2.15. The summed E-state index contributed by atoms with van der Waals surface area (Å²) in [6, 6.07) is 5.99. The lowest BCUT2D eigenvalue weighted by molar-refractivity contribution is -0.119. The van der Waals surface area contributed by atoms with E-state index in [4.69, 9.17) is 5.26 Å². The third-order valence-electron chi connectivity index (χ3n) is 2.15. The average molecular weight is 221 g/mol. The second kappa shape index (κ2) is 5.12. The Labute approximate surface area is 93.3 Å². The molecule has 1 aromatic rings. The van der Waals surface area contributed by atoms with Gasteiger partial charge in [0.2, 0.25) is 5.91 Å². The third kappa shape index (κ3) is 2.70. The normalized spacial score (nSPS) is 9.38. The molecular formula is C11H12FN3O.